The Kier molecular flexibility index (Phi) is 5.94. The summed E-state index contributed by atoms with van der Waals surface area (Å²) >= 11 is 3.60. The van der Waals surface area contributed by atoms with Gasteiger partial charge in [-0.1, -0.05) is 60.1 Å². The molecular formula is C23H25BrO4. The Hall–Kier alpha value is -2.14. The zero-order valence-corrected chi connectivity index (χ0v) is 18.2. The van der Waals surface area contributed by atoms with Crippen LogP contribution >= 0.6 is 15.9 Å². The van der Waals surface area contributed by atoms with E-state index in [9.17, 15) is 9.59 Å². The lowest BCUT2D eigenvalue weighted by Gasteiger charge is -2.36. The van der Waals surface area contributed by atoms with E-state index in [1.54, 1.807) is 0 Å². The fourth-order valence-electron chi connectivity index (χ4n) is 4.57. The predicted molar refractivity (Wildman–Crippen MR) is 112 cm³/mol. The quantitative estimate of drug-likeness (QED) is 0.580. The molecule has 5 heteroatoms. The molecular weight excluding hydrogens is 420 g/mol. The molecule has 0 aromatic heterocycles. The van der Waals surface area contributed by atoms with E-state index in [0.717, 1.165) is 26.7 Å². The molecule has 1 aliphatic carbocycles. The average molecular weight is 445 g/mol. The summed E-state index contributed by atoms with van der Waals surface area (Å²) in [7, 11) is 2.82. The van der Waals surface area contributed by atoms with E-state index in [-0.39, 0.29) is 23.8 Å². The van der Waals surface area contributed by atoms with Crippen LogP contribution in [-0.4, -0.2) is 26.2 Å². The molecule has 0 aliphatic heterocycles. The fraction of sp³-hybridized carbons (Fsp3) is 0.391. The topological polar surface area (TPSA) is 52.6 Å². The van der Waals surface area contributed by atoms with Gasteiger partial charge in [-0.25, -0.2) is 0 Å². The van der Waals surface area contributed by atoms with Crippen molar-refractivity contribution in [3.8, 4) is 11.1 Å². The van der Waals surface area contributed by atoms with Gasteiger partial charge in [-0.3, -0.25) is 9.59 Å². The van der Waals surface area contributed by atoms with E-state index in [0.29, 0.717) is 12.8 Å². The van der Waals surface area contributed by atoms with Gasteiger partial charge in [-0.2, -0.15) is 0 Å². The number of carbonyl (C=O) groups is 2. The van der Waals surface area contributed by atoms with Crippen LogP contribution < -0.4 is 0 Å². The van der Waals surface area contributed by atoms with E-state index >= 15 is 0 Å². The molecule has 2 aromatic rings. The number of hydrogen-bond acceptors (Lipinski definition) is 4. The number of ether oxygens (including phenoxy) is 2. The van der Waals surface area contributed by atoms with E-state index in [2.05, 4.69) is 40.2 Å². The molecule has 0 amide bonds. The third-order valence-corrected chi connectivity index (χ3v) is 6.24. The van der Waals surface area contributed by atoms with Gasteiger partial charge in [0.2, 0.25) is 0 Å². The highest BCUT2D eigenvalue weighted by molar-refractivity contribution is 9.10. The van der Waals surface area contributed by atoms with Crippen LogP contribution in [0.25, 0.3) is 11.1 Å². The summed E-state index contributed by atoms with van der Waals surface area (Å²) in [6, 6.07) is 14.5. The van der Waals surface area contributed by atoms with Crippen LogP contribution in [0.4, 0.5) is 0 Å². The molecule has 0 fully saturated rings. The maximum Gasteiger partial charge on any atom is 0.308 e. The molecule has 148 valence electrons. The van der Waals surface area contributed by atoms with E-state index in [1.807, 2.05) is 32.0 Å². The Labute approximate surface area is 174 Å². The van der Waals surface area contributed by atoms with Gasteiger partial charge in [0.1, 0.15) is 0 Å². The van der Waals surface area contributed by atoms with Crippen molar-refractivity contribution in [2.75, 3.05) is 14.2 Å². The number of esters is 2. The van der Waals surface area contributed by atoms with Gasteiger partial charge in [0.15, 0.2) is 0 Å². The molecule has 4 nitrogen and oxygen atoms in total. The van der Waals surface area contributed by atoms with Crippen LogP contribution in [0.15, 0.2) is 46.9 Å². The van der Waals surface area contributed by atoms with Gasteiger partial charge in [-0.15, -0.1) is 0 Å². The van der Waals surface area contributed by atoms with Gasteiger partial charge < -0.3 is 9.47 Å². The van der Waals surface area contributed by atoms with Crippen LogP contribution in [0.3, 0.4) is 0 Å². The highest BCUT2D eigenvalue weighted by atomic mass is 79.9. The maximum atomic E-state index is 12.3. The number of halogens is 1. The second-order valence-electron chi connectivity index (χ2n) is 7.57. The van der Waals surface area contributed by atoms with Crippen LogP contribution in [0.2, 0.25) is 0 Å². The van der Waals surface area contributed by atoms with Crippen LogP contribution in [-0.2, 0) is 24.5 Å². The SMILES string of the molecule is COC(=O)C(C)CC1(CC(C)C(=O)OC)c2ccccc2-c2ccc(Br)cc21. The number of rotatable bonds is 6. The molecule has 1 aliphatic rings. The summed E-state index contributed by atoms with van der Waals surface area (Å²) in [6.45, 7) is 3.77. The molecule has 0 saturated carbocycles. The Bertz CT molecular complexity index is 881. The summed E-state index contributed by atoms with van der Waals surface area (Å²) in [5.74, 6) is -1.11. The predicted octanol–water partition coefficient (Wildman–Crippen LogP) is 5.11. The largest absolute Gasteiger partial charge is 0.469 e. The molecule has 2 atom stereocenters. The summed E-state index contributed by atoms with van der Waals surface area (Å²) in [6.07, 6.45) is 1.11. The molecule has 0 heterocycles. The van der Waals surface area contributed by atoms with Crippen LogP contribution in [0.1, 0.15) is 37.8 Å². The van der Waals surface area contributed by atoms with Crippen molar-refractivity contribution in [2.24, 2.45) is 11.8 Å². The smallest absolute Gasteiger partial charge is 0.308 e. The first-order valence-electron chi connectivity index (χ1n) is 9.39. The van der Waals surface area contributed by atoms with Crippen molar-refractivity contribution >= 4 is 27.9 Å². The van der Waals surface area contributed by atoms with Crippen LogP contribution in [0.5, 0.6) is 0 Å². The van der Waals surface area contributed by atoms with Crippen molar-refractivity contribution in [3.63, 3.8) is 0 Å². The fourth-order valence-corrected chi connectivity index (χ4v) is 4.93. The first-order valence-corrected chi connectivity index (χ1v) is 10.2. The van der Waals surface area contributed by atoms with E-state index in [4.69, 9.17) is 9.47 Å². The number of benzene rings is 2. The van der Waals surface area contributed by atoms with Gasteiger partial charge >= 0.3 is 11.9 Å². The Morgan fingerprint density at radius 1 is 0.893 bits per heavy atom. The molecule has 0 N–H and O–H groups in total. The van der Waals surface area contributed by atoms with Crippen LogP contribution in [0, 0.1) is 11.8 Å². The molecule has 0 radical (unpaired) electrons. The third kappa shape index (κ3) is 3.48. The first kappa shape index (κ1) is 20.6. The van der Waals surface area contributed by atoms with Crippen molar-refractivity contribution in [1.82, 2.24) is 0 Å². The lowest BCUT2D eigenvalue weighted by molar-refractivity contribution is -0.146. The molecule has 2 unspecified atom stereocenters. The molecule has 3 rings (SSSR count). The molecule has 0 bridgehead atoms. The third-order valence-electron chi connectivity index (χ3n) is 5.75. The molecule has 2 aromatic carbocycles. The Balaban J connectivity index is 2.21. The van der Waals surface area contributed by atoms with Gasteiger partial charge in [0, 0.05) is 9.89 Å². The standard InChI is InChI=1S/C23H25BrO4/c1-14(21(25)27-3)12-23(13-15(2)22(26)28-4)19-8-6-5-7-17(19)18-10-9-16(24)11-20(18)23/h5-11,14-15H,12-13H2,1-4H3. The highest BCUT2D eigenvalue weighted by Crippen LogP contribution is 2.55. The summed E-state index contributed by atoms with van der Waals surface area (Å²) in [4.78, 5) is 24.6. The van der Waals surface area contributed by atoms with Crippen molar-refractivity contribution in [3.05, 3.63) is 58.1 Å². The highest BCUT2D eigenvalue weighted by Gasteiger charge is 2.46. The summed E-state index contributed by atoms with van der Waals surface area (Å²) < 4.78 is 11.0. The van der Waals surface area contributed by atoms with Crippen molar-refractivity contribution < 1.29 is 19.1 Å². The number of hydrogen-bond donors (Lipinski definition) is 0. The zero-order valence-electron chi connectivity index (χ0n) is 16.6. The molecule has 0 spiro atoms. The monoisotopic (exact) mass is 444 g/mol. The van der Waals surface area contributed by atoms with Crippen molar-refractivity contribution in [2.45, 2.75) is 32.1 Å². The van der Waals surface area contributed by atoms with Gasteiger partial charge in [0.25, 0.3) is 0 Å². The summed E-state index contributed by atoms with van der Waals surface area (Å²) in [5.41, 5.74) is 4.10. The molecule has 0 saturated heterocycles. The minimum Gasteiger partial charge on any atom is -0.469 e. The molecule has 28 heavy (non-hydrogen) atoms. The minimum absolute atomic E-state index is 0.244. The summed E-state index contributed by atoms with van der Waals surface area (Å²) in [5, 5.41) is 0. The number of carbonyl (C=O) groups excluding carboxylic acids is 2. The van der Waals surface area contributed by atoms with E-state index < -0.39 is 5.41 Å². The Morgan fingerprint density at radius 2 is 1.43 bits per heavy atom. The second kappa shape index (κ2) is 8.08. The van der Waals surface area contributed by atoms with Crippen molar-refractivity contribution in [1.29, 1.82) is 0 Å². The Morgan fingerprint density at radius 3 is 2.00 bits per heavy atom. The maximum absolute atomic E-state index is 12.3. The number of methoxy groups -OCH3 is 2. The lowest BCUT2D eigenvalue weighted by Crippen LogP contribution is -2.34. The minimum atomic E-state index is -0.475. The first-order chi connectivity index (χ1) is 13.3. The zero-order chi connectivity index (χ0) is 20.5. The van der Waals surface area contributed by atoms with Gasteiger partial charge in [-0.05, 0) is 47.2 Å². The van der Waals surface area contributed by atoms with Gasteiger partial charge in [0.05, 0.1) is 26.1 Å². The average Bonchev–Trinajstić information content (AvgIpc) is 2.96. The number of fused-ring (bicyclic) bond motifs is 3. The van der Waals surface area contributed by atoms with E-state index in [1.165, 1.54) is 14.2 Å². The lowest BCUT2D eigenvalue weighted by atomic mass is 9.67. The second-order valence-corrected chi connectivity index (χ2v) is 8.49. The normalized spacial score (nSPS) is 19.3.